The molecule has 2 rings (SSSR count). The van der Waals surface area contributed by atoms with Crippen LogP contribution in [-0.2, 0) is 57.1 Å². The second-order valence-electron chi connectivity index (χ2n) is 12.6. The zero-order valence-corrected chi connectivity index (χ0v) is 33.0. The van der Waals surface area contributed by atoms with Gasteiger partial charge in [0.25, 0.3) is 0 Å². The molecule has 0 fully saturated rings. The lowest BCUT2D eigenvalue weighted by Gasteiger charge is -2.19. The number of carbonyl (C=O) groups is 5. The Morgan fingerprint density at radius 3 is 1.32 bits per heavy atom. The van der Waals surface area contributed by atoms with E-state index in [0.717, 1.165) is 0 Å². The number of benzene rings is 2. The maximum atomic E-state index is 12.5. The number of rotatable bonds is 30. The lowest BCUT2D eigenvalue weighted by Crippen LogP contribution is -2.30. The Hall–Kier alpha value is -5.67. The quantitative estimate of drug-likeness (QED) is 0.0430. The van der Waals surface area contributed by atoms with Crippen molar-refractivity contribution in [2.24, 2.45) is 0 Å². The molecule has 0 saturated carbocycles. The van der Waals surface area contributed by atoms with Crippen molar-refractivity contribution in [1.82, 2.24) is 0 Å². The third kappa shape index (κ3) is 22.5. The smallest absolute Gasteiger partial charge is 0.333 e. The van der Waals surface area contributed by atoms with Crippen molar-refractivity contribution in [3.8, 4) is 17.2 Å². The molecule has 15 heteroatoms. The SMILES string of the molecule is C=C(C)C(=O)OCCCC(=O)OC(COCCOc1ccc(OCCOCC(COc2ccccc2)OC(=O)CCCOC(=O)C(=C)C)cc1)COC(=O)C(=C)C. The van der Waals surface area contributed by atoms with Gasteiger partial charge in [-0.05, 0) is 70.0 Å². The number of hydrogen-bond acceptors (Lipinski definition) is 15. The summed E-state index contributed by atoms with van der Waals surface area (Å²) < 4.78 is 54.7. The Labute approximate surface area is 333 Å². The summed E-state index contributed by atoms with van der Waals surface area (Å²) in [5.41, 5.74) is 0.738. The molecular formula is C42H54O15. The zero-order valence-electron chi connectivity index (χ0n) is 33.0. The molecule has 0 spiro atoms. The lowest BCUT2D eigenvalue weighted by molar-refractivity contribution is -0.161. The van der Waals surface area contributed by atoms with Crippen LogP contribution in [0.2, 0.25) is 0 Å². The van der Waals surface area contributed by atoms with E-state index in [0.29, 0.717) is 23.7 Å². The topological polar surface area (TPSA) is 178 Å². The first-order valence-electron chi connectivity index (χ1n) is 18.4. The molecule has 0 amide bonds. The second-order valence-corrected chi connectivity index (χ2v) is 12.6. The van der Waals surface area contributed by atoms with Gasteiger partial charge in [0, 0.05) is 29.6 Å². The molecule has 0 aliphatic carbocycles. The standard InChI is InChI=1S/C42H54O15/c1-30(2)40(45)52-20-10-14-38(43)56-36(28-54-33-12-8-7-9-13-33)26-48-22-24-50-34-16-18-35(19-17-34)51-25-23-49-27-37(29-55-42(47)32(5)6)57-39(44)15-11-21-53-41(46)31(3)4/h7-9,12-13,16-19,36-37H,1,3,5,10-11,14-15,20-29H2,2,4,6H3. The molecule has 2 aromatic rings. The van der Waals surface area contributed by atoms with Crippen LogP contribution < -0.4 is 14.2 Å². The van der Waals surface area contributed by atoms with Gasteiger partial charge in [0.1, 0.15) is 43.7 Å². The van der Waals surface area contributed by atoms with E-state index >= 15 is 0 Å². The van der Waals surface area contributed by atoms with Crippen LogP contribution >= 0.6 is 0 Å². The van der Waals surface area contributed by atoms with Crippen LogP contribution in [-0.4, -0.2) is 108 Å². The predicted octanol–water partition coefficient (Wildman–Crippen LogP) is 5.30. The van der Waals surface area contributed by atoms with Gasteiger partial charge < -0.3 is 47.4 Å². The monoisotopic (exact) mass is 798 g/mol. The number of hydrogen-bond donors (Lipinski definition) is 0. The summed E-state index contributed by atoms with van der Waals surface area (Å²) in [5, 5.41) is 0. The van der Waals surface area contributed by atoms with Gasteiger partial charge >= 0.3 is 29.8 Å². The predicted molar refractivity (Wildman–Crippen MR) is 207 cm³/mol. The van der Waals surface area contributed by atoms with Crippen LogP contribution in [0, 0.1) is 0 Å². The normalized spacial score (nSPS) is 11.6. The number of para-hydroxylation sites is 1. The third-order valence-electron chi connectivity index (χ3n) is 7.16. The first-order valence-corrected chi connectivity index (χ1v) is 18.4. The van der Waals surface area contributed by atoms with E-state index in [9.17, 15) is 24.0 Å². The molecule has 15 nitrogen and oxygen atoms in total. The van der Waals surface area contributed by atoms with E-state index in [1.54, 1.807) is 43.3 Å². The molecule has 0 aromatic heterocycles. The van der Waals surface area contributed by atoms with E-state index in [-0.39, 0.29) is 102 Å². The van der Waals surface area contributed by atoms with Crippen molar-refractivity contribution >= 4 is 29.8 Å². The van der Waals surface area contributed by atoms with E-state index < -0.39 is 42.1 Å². The summed E-state index contributed by atoms with van der Waals surface area (Å²) in [7, 11) is 0. The Kier molecular flexibility index (Phi) is 23.2. The van der Waals surface area contributed by atoms with E-state index in [1.807, 2.05) is 18.2 Å². The highest BCUT2D eigenvalue weighted by Gasteiger charge is 2.19. The summed E-state index contributed by atoms with van der Waals surface area (Å²) >= 11 is 0. The highest BCUT2D eigenvalue weighted by molar-refractivity contribution is 5.87. The largest absolute Gasteiger partial charge is 0.491 e. The summed E-state index contributed by atoms with van der Waals surface area (Å²) in [4.78, 5) is 59.7. The molecule has 0 N–H and O–H groups in total. The average molecular weight is 799 g/mol. The van der Waals surface area contributed by atoms with Crippen molar-refractivity contribution in [3.63, 3.8) is 0 Å². The van der Waals surface area contributed by atoms with Gasteiger partial charge in [-0.1, -0.05) is 37.9 Å². The zero-order chi connectivity index (χ0) is 41.8. The van der Waals surface area contributed by atoms with E-state index in [1.165, 1.54) is 13.8 Å². The fourth-order valence-electron chi connectivity index (χ4n) is 4.23. The minimum absolute atomic E-state index is 0.0213. The molecule has 2 atom stereocenters. The molecule has 0 aliphatic rings. The average Bonchev–Trinajstić information content (AvgIpc) is 3.19. The Morgan fingerprint density at radius 2 is 0.877 bits per heavy atom. The molecular weight excluding hydrogens is 744 g/mol. The van der Waals surface area contributed by atoms with Gasteiger partial charge in [-0.15, -0.1) is 0 Å². The van der Waals surface area contributed by atoms with Gasteiger partial charge in [-0.2, -0.15) is 0 Å². The molecule has 57 heavy (non-hydrogen) atoms. The highest BCUT2D eigenvalue weighted by atomic mass is 16.6. The molecule has 0 bridgehead atoms. The molecule has 2 unspecified atom stereocenters. The van der Waals surface area contributed by atoms with Crippen molar-refractivity contribution in [1.29, 1.82) is 0 Å². The minimum Gasteiger partial charge on any atom is -0.491 e. The summed E-state index contributed by atoms with van der Waals surface area (Å²) in [6.07, 6.45) is -0.993. The molecule has 312 valence electrons. The van der Waals surface area contributed by atoms with Crippen molar-refractivity contribution < 1.29 is 71.3 Å². The van der Waals surface area contributed by atoms with Gasteiger partial charge in [-0.3, -0.25) is 9.59 Å². The van der Waals surface area contributed by atoms with Crippen LogP contribution in [0.4, 0.5) is 0 Å². The molecule has 0 radical (unpaired) electrons. The molecule has 0 saturated heterocycles. The number of ether oxygens (including phenoxy) is 10. The minimum atomic E-state index is -0.876. The lowest BCUT2D eigenvalue weighted by atomic mass is 10.3. The fraction of sp³-hybridized carbons (Fsp3) is 0.452. The first-order chi connectivity index (χ1) is 27.3. The Bertz CT molecular complexity index is 1590. The van der Waals surface area contributed by atoms with Gasteiger partial charge in [0.15, 0.2) is 12.2 Å². The Morgan fingerprint density at radius 1 is 0.474 bits per heavy atom. The van der Waals surface area contributed by atoms with Crippen LogP contribution in [0.5, 0.6) is 17.2 Å². The first kappa shape index (κ1) is 47.5. The summed E-state index contributed by atoms with van der Waals surface area (Å²) in [6.45, 7) is 15.8. The van der Waals surface area contributed by atoms with Gasteiger partial charge in [-0.25, -0.2) is 14.4 Å². The molecule has 0 aliphatic heterocycles. The third-order valence-corrected chi connectivity index (χ3v) is 7.16. The van der Waals surface area contributed by atoms with Crippen molar-refractivity contribution in [2.45, 2.75) is 58.7 Å². The maximum absolute atomic E-state index is 12.5. The maximum Gasteiger partial charge on any atom is 0.333 e. The van der Waals surface area contributed by atoms with Crippen LogP contribution in [0.3, 0.4) is 0 Å². The van der Waals surface area contributed by atoms with Gasteiger partial charge in [0.2, 0.25) is 0 Å². The molecule has 0 heterocycles. The summed E-state index contributed by atoms with van der Waals surface area (Å²) in [5.74, 6) is -0.971. The van der Waals surface area contributed by atoms with E-state index in [4.69, 9.17) is 47.4 Å². The van der Waals surface area contributed by atoms with Gasteiger partial charge in [0.05, 0.1) is 39.6 Å². The van der Waals surface area contributed by atoms with Crippen molar-refractivity contribution in [3.05, 3.63) is 91.1 Å². The molecule has 2 aromatic carbocycles. The van der Waals surface area contributed by atoms with Crippen LogP contribution in [0.15, 0.2) is 91.1 Å². The number of esters is 5. The fourth-order valence-corrected chi connectivity index (χ4v) is 4.23. The van der Waals surface area contributed by atoms with Crippen LogP contribution in [0.25, 0.3) is 0 Å². The van der Waals surface area contributed by atoms with Crippen LogP contribution in [0.1, 0.15) is 46.5 Å². The number of carbonyl (C=O) groups excluding carboxylic acids is 5. The van der Waals surface area contributed by atoms with E-state index in [2.05, 4.69) is 19.7 Å². The summed E-state index contributed by atoms with van der Waals surface area (Å²) in [6, 6.07) is 16.0. The Balaban J connectivity index is 1.72. The van der Waals surface area contributed by atoms with Crippen molar-refractivity contribution in [2.75, 3.05) is 66.1 Å². The highest BCUT2D eigenvalue weighted by Crippen LogP contribution is 2.18. The second kappa shape index (κ2) is 27.8.